The molecule has 156 valence electrons. The van der Waals surface area contributed by atoms with Gasteiger partial charge in [-0.05, 0) is 33.3 Å². The Hall–Kier alpha value is -3.15. The number of ether oxygens (including phenoxy) is 1. The molecule has 0 atom stereocenters. The second-order valence-electron chi connectivity index (χ2n) is 6.59. The summed E-state index contributed by atoms with van der Waals surface area (Å²) in [5, 5.41) is 11.3. The Morgan fingerprint density at radius 3 is 2.73 bits per heavy atom. The third-order valence-corrected chi connectivity index (χ3v) is 5.08. The maximum Gasteiger partial charge on any atom is 0.333 e. The van der Waals surface area contributed by atoms with Crippen molar-refractivity contribution in [1.82, 2.24) is 30.3 Å². The summed E-state index contributed by atoms with van der Waals surface area (Å²) in [6.07, 6.45) is 4.70. The molecule has 0 spiro atoms. The Kier molecular flexibility index (Phi) is 5.84. The van der Waals surface area contributed by atoms with Gasteiger partial charge < -0.3 is 14.5 Å². The third kappa shape index (κ3) is 4.70. The van der Waals surface area contributed by atoms with Crippen molar-refractivity contribution in [3.05, 3.63) is 40.9 Å². The summed E-state index contributed by atoms with van der Waals surface area (Å²) >= 11 is 3.38. The van der Waals surface area contributed by atoms with E-state index in [0.29, 0.717) is 11.4 Å². The van der Waals surface area contributed by atoms with E-state index in [-0.39, 0.29) is 17.7 Å². The zero-order valence-corrected chi connectivity index (χ0v) is 17.5. The molecule has 1 aliphatic rings. The lowest BCUT2D eigenvalue weighted by molar-refractivity contribution is -0.145. The first-order valence-corrected chi connectivity index (χ1v) is 9.95. The molecule has 2 aromatic heterocycles. The van der Waals surface area contributed by atoms with Crippen LogP contribution in [0.1, 0.15) is 19.8 Å². The van der Waals surface area contributed by atoms with Gasteiger partial charge in [-0.1, -0.05) is 5.10 Å². The highest BCUT2D eigenvalue weighted by molar-refractivity contribution is 9.10. The van der Waals surface area contributed by atoms with Crippen LogP contribution in [-0.2, 0) is 4.79 Å². The first-order chi connectivity index (χ1) is 14.5. The van der Waals surface area contributed by atoms with Gasteiger partial charge >= 0.3 is 5.97 Å². The highest BCUT2D eigenvalue weighted by Gasteiger charge is 2.23. The van der Waals surface area contributed by atoms with Crippen molar-refractivity contribution >= 4 is 27.7 Å². The number of hydrogen-bond donors (Lipinski definition) is 0. The molecular weight excluding hydrogens is 461 g/mol. The van der Waals surface area contributed by atoms with Crippen LogP contribution in [0, 0.1) is 5.82 Å². The summed E-state index contributed by atoms with van der Waals surface area (Å²) in [4.78, 5) is 27.2. The van der Waals surface area contributed by atoms with Gasteiger partial charge in [-0.25, -0.2) is 19.2 Å². The summed E-state index contributed by atoms with van der Waals surface area (Å²) < 4.78 is 20.1. The lowest BCUT2D eigenvalue weighted by Gasteiger charge is -2.32. The second-order valence-corrected chi connectivity index (χ2v) is 7.44. The molecule has 0 bridgehead atoms. The van der Waals surface area contributed by atoms with Crippen LogP contribution in [0.2, 0.25) is 0 Å². The van der Waals surface area contributed by atoms with Gasteiger partial charge in [0.2, 0.25) is 5.82 Å². The number of nitrogens with zero attached hydrogens (tertiary/aromatic N) is 7. The number of piperidine rings is 1. The maximum absolute atomic E-state index is 13.4. The smallest absolute Gasteiger partial charge is 0.333 e. The first kappa shape index (κ1) is 20.1. The average molecular weight is 478 g/mol. The summed E-state index contributed by atoms with van der Waals surface area (Å²) in [6.45, 7) is 2.70. The van der Waals surface area contributed by atoms with Crippen LogP contribution < -0.4 is 14.5 Å². The van der Waals surface area contributed by atoms with Gasteiger partial charge in [-0.15, -0.1) is 5.10 Å². The third-order valence-electron chi connectivity index (χ3n) is 4.43. The average Bonchev–Trinajstić information content (AvgIpc) is 3.19. The van der Waals surface area contributed by atoms with Crippen molar-refractivity contribution in [2.24, 2.45) is 0 Å². The van der Waals surface area contributed by atoms with Gasteiger partial charge in [0.15, 0.2) is 0 Å². The normalized spacial score (nSPS) is 14.6. The molecule has 1 saturated heterocycles. The summed E-state index contributed by atoms with van der Waals surface area (Å²) in [5.41, 5.74) is 0.409. The standard InChI is InChI=1S/C18H17BrFN7O3/c1-11(28)30-27-24-18(23-25-27)15-9-22-17(10-21-15)26-6-4-13(5-7-26)29-16-8-12(20)2-3-14(16)19/h2-3,8-10,13H,4-7H2,1H3. The number of aromatic nitrogens is 6. The molecule has 1 aromatic carbocycles. The van der Waals surface area contributed by atoms with Crippen molar-refractivity contribution in [3.8, 4) is 17.3 Å². The summed E-state index contributed by atoms with van der Waals surface area (Å²) in [6, 6.07) is 4.40. The molecule has 1 aliphatic heterocycles. The summed E-state index contributed by atoms with van der Waals surface area (Å²) in [5.74, 6) is 0.535. The fourth-order valence-electron chi connectivity index (χ4n) is 3.01. The van der Waals surface area contributed by atoms with Gasteiger partial charge in [0, 0.05) is 43.9 Å². The minimum atomic E-state index is -0.558. The van der Waals surface area contributed by atoms with E-state index in [1.807, 2.05) is 0 Å². The Morgan fingerprint density at radius 1 is 1.23 bits per heavy atom. The molecule has 1 fully saturated rings. The molecule has 12 heteroatoms. The van der Waals surface area contributed by atoms with E-state index in [9.17, 15) is 9.18 Å². The Balaban J connectivity index is 1.35. The van der Waals surface area contributed by atoms with Crippen LogP contribution >= 0.6 is 15.9 Å². The molecule has 3 heterocycles. The molecule has 4 rings (SSSR count). The zero-order valence-electron chi connectivity index (χ0n) is 15.9. The zero-order chi connectivity index (χ0) is 21.1. The number of anilines is 1. The van der Waals surface area contributed by atoms with Gasteiger partial charge in [0.25, 0.3) is 0 Å². The SMILES string of the molecule is CC(=O)On1nnc(-c2cnc(N3CCC(Oc4cc(F)ccc4Br)CC3)cn2)n1. The topological polar surface area (TPSA) is 108 Å². The van der Waals surface area contributed by atoms with Crippen molar-refractivity contribution in [2.75, 3.05) is 18.0 Å². The second kappa shape index (κ2) is 8.69. The van der Waals surface area contributed by atoms with Crippen molar-refractivity contribution in [1.29, 1.82) is 0 Å². The molecule has 0 N–H and O–H groups in total. The summed E-state index contributed by atoms with van der Waals surface area (Å²) in [7, 11) is 0. The molecule has 30 heavy (non-hydrogen) atoms. The lowest BCUT2D eigenvalue weighted by atomic mass is 10.1. The highest BCUT2D eigenvalue weighted by Crippen LogP contribution is 2.29. The Bertz CT molecular complexity index is 1040. The number of tetrazole rings is 1. The van der Waals surface area contributed by atoms with Crippen molar-refractivity contribution in [3.63, 3.8) is 0 Å². The van der Waals surface area contributed by atoms with Crippen LogP contribution in [0.3, 0.4) is 0 Å². The molecule has 0 unspecified atom stereocenters. The molecule has 10 nitrogen and oxygen atoms in total. The molecular formula is C18H17BrFN7O3. The lowest BCUT2D eigenvalue weighted by Crippen LogP contribution is -2.38. The van der Waals surface area contributed by atoms with Crippen molar-refractivity contribution in [2.45, 2.75) is 25.9 Å². The van der Waals surface area contributed by atoms with E-state index < -0.39 is 5.97 Å². The number of carbonyl (C=O) groups is 1. The largest absolute Gasteiger partial charge is 0.489 e. The van der Waals surface area contributed by atoms with Gasteiger partial charge in [-0.2, -0.15) is 0 Å². The quantitative estimate of drug-likeness (QED) is 0.509. The van der Waals surface area contributed by atoms with Crippen LogP contribution in [0.4, 0.5) is 10.2 Å². The van der Waals surface area contributed by atoms with E-state index in [4.69, 9.17) is 9.57 Å². The van der Waals surface area contributed by atoms with Crippen molar-refractivity contribution < 1.29 is 18.8 Å². The van der Waals surface area contributed by atoms with E-state index in [1.54, 1.807) is 12.3 Å². The number of halogens is 2. The molecule has 0 radical (unpaired) electrons. The predicted octanol–water partition coefficient (Wildman–Crippen LogP) is 2.05. The van der Waals surface area contributed by atoms with E-state index in [0.717, 1.165) is 41.2 Å². The van der Waals surface area contributed by atoms with E-state index in [1.165, 1.54) is 25.3 Å². The first-order valence-electron chi connectivity index (χ1n) is 9.16. The van der Waals surface area contributed by atoms with Crippen LogP contribution in [0.15, 0.2) is 35.1 Å². The number of hydrogen-bond acceptors (Lipinski definition) is 9. The van der Waals surface area contributed by atoms with E-state index >= 15 is 0 Å². The van der Waals surface area contributed by atoms with Crippen LogP contribution in [0.5, 0.6) is 5.75 Å². The monoisotopic (exact) mass is 477 g/mol. The van der Waals surface area contributed by atoms with E-state index in [2.05, 4.69) is 46.2 Å². The van der Waals surface area contributed by atoms with Crippen LogP contribution in [-0.4, -0.2) is 55.5 Å². The fourth-order valence-corrected chi connectivity index (χ4v) is 3.35. The molecule has 3 aromatic rings. The Labute approximate surface area is 179 Å². The number of rotatable bonds is 5. The molecule has 0 amide bonds. The maximum atomic E-state index is 13.4. The van der Waals surface area contributed by atoms with Gasteiger partial charge in [0.05, 0.1) is 16.9 Å². The van der Waals surface area contributed by atoms with Gasteiger partial charge in [-0.3, -0.25) is 0 Å². The van der Waals surface area contributed by atoms with Gasteiger partial charge in [0.1, 0.15) is 29.2 Å². The number of carbonyl (C=O) groups excluding carboxylic acids is 1. The Morgan fingerprint density at radius 2 is 2.03 bits per heavy atom. The molecule has 0 saturated carbocycles. The minimum absolute atomic E-state index is 0.00732. The molecule has 0 aliphatic carbocycles. The highest BCUT2D eigenvalue weighted by atomic mass is 79.9. The van der Waals surface area contributed by atoms with Crippen LogP contribution in [0.25, 0.3) is 11.5 Å². The minimum Gasteiger partial charge on any atom is -0.489 e. The fraction of sp³-hybridized carbons (Fsp3) is 0.333. The predicted molar refractivity (Wildman–Crippen MR) is 106 cm³/mol. The number of benzene rings is 1.